The second-order valence-electron chi connectivity index (χ2n) is 5.26. The van der Waals surface area contributed by atoms with E-state index in [1.165, 1.54) is 4.88 Å². The van der Waals surface area contributed by atoms with Crippen LogP contribution in [0.25, 0.3) is 11.7 Å². The molecule has 0 fully saturated rings. The minimum atomic E-state index is 0.190. The van der Waals surface area contributed by atoms with Crippen LogP contribution in [-0.2, 0) is 6.54 Å². The molecule has 0 radical (unpaired) electrons. The summed E-state index contributed by atoms with van der Waals surface area (Å²) >= 11 is 1.72. The summed E-state index contributed by atoms with van der Waals surface area (Å²) in [7, 11) is 2.03. The molecule has 116 valence electrons. The molecule has 0 saturated carbocycles. The van der Waals surface area contributed by atoms with Crippen LogP contribution < -0.4 is 0 Å². The highest BCUT2D eigenvalue weighted by Gasteiger charge is 2.20. The van der Waals surface area contributed by atoms with Crippen LogP contribution in [0.2, 0.25) is 0 Å². The first kappa shape index (κ1) is 14.9. The zero-order valence-electron chi connectivity index (χ0n) is 13.0. The number of nitrogens with zero attached hydrogens (tertiary/aromatic N) is 4. The Kier molecular flexibility index (Phi) is 4.08. The lowest BCUT2D eigenvalue weighted by Gasteiger charge is -2.22. The standard InChI is InChI=1S/C15H18N4O2S/c1-9(14-10(2)22-11(3)16-14)19(4)8-13-17-15(21-18-13)12-6-5-7-20-12/h5-7,9H,8H2,1-4H3. The van der Waals surface area contributed by atoms with E-state index >= 15 is 0 Å². The number of hydrogen-bond acceptors (Lipinski definition) is 7. The van der Waals surface area contributed by atoms with Crippen LogP contribution >= 0.6 is 11.3 Å². The van der Waals surface area contributed by atoms with Crippen molar-refractivity contribution in [1.82, 2.24) is 20.0 Å². The van der Waals surface area contributed by atoms with Crippen LogP contribution in [0.3, 0.4) is 0 Å². The van der Waals surface area contributed by atoms with Crippen LogP contribution in [0, 0.1) is 13.8 Å². The maximum atomic E-state index is 5.25. The quantitative estimate of drug-likeness (QED) is 0.716. The fraction of sp³-hybridized carbons (Fsp3) is 0.400. The summed E-state index contributed by atoms with van der Waals surface area (Å²) in [6.07, 6.45) is 1.58. The molecule has 3 heterocycles. The maximum Gasteiger partial charge on any atom is 0.293 e. The minimum absolute atomic E-state index is 0.190. The third kappa shape index (κ3) is 2.95. The smallest absolute Gasteiger partial charge is 0.293 e. The van der Waals surface area contributed by atoms with Gasteiger partial charge in [-0.3, -0.25) is 4.90 Å². The topological polar surface area (TPSA) is 68.2 Å². The molecule has 0 spiro atoms. The molecule has 3 aromatic heterocycles. The third-order valence-electron chi connectivity index (χ3n) is 3.59. The summed E-state index contributed by atoms with van der Waals surface area (Å²) in [4.78, 5) is 12.4. The van der Waals surface area contributed by atoms with Gasteiger partial charge in [0.15, 0.2) is 11.6 Å². The molecule has 0 aromatic carbocycles. The van der Waals surface area contributed by atoms with E-state index in [0.29, 0.717) is 24.0 Å². The Morgan fingerprint density at radius 3 is 2.77 bits per heavy atom. The van der Waals surface area contributed by atoms with E-state index in [1.54, 1.807) is 29.7 Å². The van der Waals surface area contributed by atoms with Gasteiger partial charge >= 0.3 is 0 Å². The average Bonchev–Trinajstić information content (AvgIpc) is 3.18. The normalized spacial score (nSPS) is 13.0. The SMILES string of the molecule is Cc1nc(C(C)N(C)Cc2noc(-c3ccco3)n2)c(C)s1. The first-order chi connectivity index (χ1) is 10.5. The molecule has 0 aliphatic rings. The minimum Gasteiger partial charge on any atom is -0.459 e. The molecule has 0 amide bonds. The van der Waals surface area contributed by atoms with E-state index in [2.05, 4.69) is 33.9 Å². The van der Waals surface area contributed by atoms with Gasteiger partial charge in [0.2, 0.25) is 0 Å². The fourth-order valence-corrected chi connectivity index (χ4v) is 3.23. The molecule has 1 unspecified atom stereocenters. The molecule has 22 heavy (non-hydrogen) atoms. The second-order valence-corrected chi connectivity index (χ2v) is 6.67. The Morgan fingerprint density at radius 2 is 2.14 bits per heavy atom. The summed E-state index contributed by atoms with van der Waals surface area (Å²) in [5.74, 6) is 1.62. The predicted octanol–water partition coefficient (Wildman–Crippen LogP) is 3.60. The number of hydrogen-bond donors (Lipinski definition) is 0. The molecular weight excluding hydrogens is 300 g/mol. The van der Waals surface area contributed by atoms with E-state index in [0.717, 1.165) is 10.7 Å². The van der Waals surface area contributed by atoms with Gasteiger partial charge in [-0.2, -0.15) is 4.98 Å². The van der Waals surface area contributed by atoms with E-state index in [9.17, 15) is 0 Å². The van der Waals surface area contributed by atoms with Crippen molar-refractivity contribution in [2.24, 2.45) is 0 Å². The van der Waals surface area contributed by atoms with Gasteiger partial charge in [-0.05, 0) is 40.0 Å². The lowest BCUT2D eigenvalue weighted by molar-refractivity contribution is 0.238. The summed E-state index contributed by atoms with van der Waals surface area (Å²) in [5.41, 5.74) is 1.11. The number of furan rings is 1. The molecule has 6 nitrogen and oxygen atoms in total. The Bertz CT molecular complexity index is 748. The van der Waals surface area contributed by atoms with Crippen LogP contribution in [0.15, 0.2) is 27.3 Å². The monoisotopic (exact) mass is 318 g/mol. The fourth-order valence-electron chi connectivity index (χ4n) is 2.32. The molecule has 0 aliphatic carbocycles. The molecule has 1 atom stereocenters. The summed E-state index contributed by atoms with van der Waals surface area (Å²) in [6.45, 7) is 6.85. The van der Waals surface area contributed by atoms with Gasteiger partial charge in [-0.25, -0.2) is 4.98 Å². The van der Waals surface area contributed by atoms with Crippen molar-refractivity contribution >= 4 is 11.3 Å². The van der Waals surface area contributed by atoms with E-state index in [4.69, 9.17) is 8.94 Å². The molecule has 0 bridgehead atoms. The summed E-state index contributed by atoms with van der Waals surface area (Å²) in [6, 6.07) is 3.78. The number of thiazole rings is 1. The molecule has 0 aliphatic heterocycles. The van der Waals surface area contributed by atoms with Crippen molar-refractivity contribution in [3.8, 4) is 11.7 Å². The summed E-state index contributed by atoms with van der Waals surface area (Å²) in [5, 5.41) is 5.10. The van der Waals surface area contributed by atoms with Gasteiger partial charge in [-0.1, -0.05) is 5.16 Å². The van der Waals surface area contributed by atoms with Gasteiger partial charge in [0, 0.05) is 4.88 Å². The molecule has 0 N–H and O–H groups in total. The molecular formula is C15H18N4O2S. The average molecular weight is 318 g/mol. The Balaban J connectivity index is 1.71. The van der Waals surface area contributed by atoms with Crippen molar-refractivity contribution in [2.75, 3.05) is 7.05 Å². The molecule has 3 aromatic rings. The zero-order chi connectivity index (χ0) is 15.7. The number of aromatic nitrogens is 3. The Hall–Kier alpha value is -1.99. The predicted molar refractivity (Wildman–Crippen MR) is 83.5 cm³/mol. The van der Waals surface area contributed by atoms with Gasteiger partial charge in [0.05, 0.1) is 29.6 Å². The summed E-state index contributed by atoms with van der Waals surface area (Å²) < 4.78 is 10.5. The molecule has 0 saturated heterocycles. The number of aryl methyl sites for hydroxylation is 2. The highest BCUT2D eigenvalue weighted by atomic mass is 32.1. The first-order valence-corrected chi connectivity index (χ1v) is 7.87. The van der Waals surface area contributed by atoms with Crippen LogP contribution in [-0.4, -0.2) is 27.1 Å². The van der Waals surface area contributed by atoms with Crippen molar-refractivity contribution in [3.05, 3.63) is 39.8 Å². The third-order valence-corrected chi connectivity index (χ3v) is 4.49. The zero-order valence-corrected chi connectivity index (χ0v) is 13.8. The van der Waals surface area contributed by atoms with Crippen molar-refractivity contribution in [1.29, 1.82) is 0 Å². The first-order valence-electron chi connectivity index (χ1n) is 7.05. The second kappa shape index (κ2) is 6.02. The largest absolute Gasteiger partial charge is 0.459 e. The molecule has 7 heteroatoms. The highest BCUT2D eigenvalue weighted by Crippen LogP contribution is 2.27. The van der Waals surface area contributed by atoms with Gasteiger partial charge in [-0.15, -0.1) is 11.3 Å². The van der Waals surface area contributed by atoms with E-state index < -0.39 is 0 Å². The Morgan fingerprint density at radius 1 is 1.32 bits per heavy atom. The van der Waals surface area contributed by atoms with Crippen molar-refractivity contribution in [2.45, 2.75) is 33.4 Å². The number of rotatable bonds is 5. The van der Waals surface area contributed by atoms with Gasteiger partial charge < -0.3 is 8.94 Å². The maximum absolute atomic E-state index is 5.25. The van der Waals surface area contributed by atoms with Crippen LogP contribution in [0.5, 0.6) is 0 Å². The Labute approximate surface area is 132 Å². The highest BCUT2D eigenvalue weighted by molar-refractivity contribution is 7.11. The van der Waals surface area contributed by atoms with Gasteiger partial charge in [0.25, 0.3) is 5.89 Å². The van der Waals surface area contributed by atoms with E-state index in [1.807, 2.05) is 14.0 Å². The van der Waals surface area contributed by atoms with Crippen LogP contribution in [0.1, 0.15) is 34.4 Å². The van der Waals surface area contributed by atoms with Crippen LogP contribution in [0.4, 0.5) is 0 Å². The molecule has 3 rings (SSSR count). The van der Waals surface area contributed by atoms with E-state index in [-0.39, 0.29) is 6.04 Å². The van der Waals surface area contributed by atoms with Crippen molar-refractivity contribution in [3.63, 3.8) is 0 Å². The lowest BCUT2D eigenvalue weighted by Crippen LogP contribution is -2.23. The lowest BCUT2D eigenvalue weighted by atomic mass is 10.2. The van der Waals surface area contributed by atoms with Gasteiger partial charge in [0.1, 0.15) is 0 Å². The van der Waals surface area contributed by atoms with Crippen molar-refractivity contribution < 1.29 is 8.94 Å².